The molecule has 3 aromatic rings. The molecule has 0 radical (unpaired) electrons. The topological polar surface area (TPSA) is 79.6 Å². The molecule has 2 heterocycles. The van der Waals surface area contributed by atoms with Crippen molar-refractivity contribution in [3.05, 3.63) is 74.8 Å². The number of nitrogens with zero attached hydrogens (tertiary/aromatic N) is 4. The average Bonchev–Trinajstić information content (AvgIpc) is 2.85. The number of hydrogen-bond donors (Lipinski definition) is 1. The van der Waals surface area contributed by atoms with Crippen LogP contribution >= 0.6 is 0 Å². The summed E-state index contributed by atoms with van der Waals surface area (Å²) < 4.78 is 41.4. The van der Waals surface area contributed by atoms with Crippen molar-refractivity contribution >= 4 is 22.6 Å². The Bertz CT molecular complexity index is 1340. The van der Waals surface area contributed by atoms with Crippen LogP contribution in [0.4, 0.5) is 18.9 Å². The lowest BCUT2D eigenvalue weighted by Gasteiger charge is -2.36. The molecule has 2 aromatic carbocycles. The number of halogens is 3. The first-order valence-corrected chi connectivity index (χ1v) is 11.2. The maximum absolute atomic E-state index is 13.0. The Morgan fingerprint density at radius 2 is 1.63 bits per heavy atom. The molecule has 1 saturated heterocycles. The Morgan fingerprint density at radius 3 is 2.31 bits per heavy atom. The second-order valence-corrected chi connectivity index (χ2v) is 8.47. The van der Waals surface area contributed by atoms with Crippen LogP contribution in [0.1, 0.15) is 5.56 Å². The molecule has 8 nitrogen and oxygen atoms in total. The molecule has 0 aliphatic carbocycles. The van der Waals surface area contributed by atoms with Crippen molar-refractivity contribution in [1.82, 2.24) is 19.4 Å². The van der Waals surface area contributed by atoms with Gasteiger partial charge in [-0.15, -0.1) is 0 Å². The summed E-state index contributed by atoms with van der Waals surface area (Å²) in [6.07, 6.45) is -4.37. The van der Waals surface area contributed by atoms with Crippen molar-refractivity contribution in [2.45, 2.75) is 12.7 Å². The van der Waals surface area contributed by atoms with Gasteiger partial charge < -0.3 is 14.8 Å². The van der Waals surface area contributed by atoms with E-state index >= 15 is 0 Å². The highest BCUT2D eigenvalue weighted by molar-refractivity contribution is 5.80. The molecule has 0 unspecified atom stereocenters. The van der Waals surface area contributed by atoms with E-state index < -0.39 is 22.9 Å². The van der Waals surface area contributed by atoms with Crippen LogP contribution < -0.4 is 21.3 Å². The van der Waals surface area contributed by atoms with Crippen molar-refractivity contribution in [3.63, 3.8) is 0 Å². The number of amides is 1. The molecule has 0 spiro atoms. The fourth-order valence-electron chi connectivity index (χ4n) is 4.27. The van der Waals surface area contributed by atoms with Crippen molar-refractivity contribution in [1.29, 1.82) is 0 Å². The summed E-state index contributed by atoms with van der Waals surface area (Å²) in [6.45, 7) is 3.08. The predicted octanol–water partition coefficient (Wildman–Crippen LogP) is 1.66. The Hall–Kier alpha value is -3.60. The van der Waals surface area contributed by atoms with Crippen LogP contribution in [-0.2, 0) is 24.6 Å². The number of carbonyl (C=O) groups is 1. The minimum absolute atomic E-state index is 0.265. The number of fused-ring (bicyclic) bond motifs is 1. The van der Waals surface area contributed by atoms with Gasteiger partial charge in [-0.05, 0) is 30.3 Å². The van der Waals surface area contributed by atoms with Crippen LogP contribution in [0.2, 0.25) is 0 Å². The van der Waals surface area contributed by atoms with E-state index in [9.17, 15) is 27.6 Å². The SMILES string of the molecule is Cn1c(=O)c(=O)n(CC(=O)NCCN2CCN(c3cccc(C(F)(F)F)c3)CC2)c2ccccc21. The second kappa shape index (κ2) is 9.95. The Labute approximate surface area is 199 Å². The van der Waals surface area contributed by atoms with Gasteiger partial charge in [0.05, 0.1) is 16.6 Å². The van der Waals surface area contributed by atoms with Gasteiger partial charge in [-0.3, -0.25) is 23.9 Å². The van der Waals surface area contributed by atoms with Crippen LogP contribution in [-0.4, -0.2) is 59.2 Å². The van der Waals surface area contributed by atoms with Gasteiger partial charge in [-0.1, -0.05) is 18.2 Å². The monoisotopic (exact) mass is 489 g/mol. The first-order chi connectivity index (χ1) is 16.6. The fourth-order valence-corrected chi connectivity index (χ4v) is 4.27. The molecule has 0 atom stereocenters. The summed E-state index contributed by atoms with van der Waals surface area (Å²) in [6, 6.07) is 12.2. The number of nitrogens with one attached hydrogen (secondary N) is 1. The first-order valence-electron chi connectivity index (χ1n) is 11.2. The molecule has 11 heteroatoms. The van der Waals surface area contributed by atoms with Gasteiger partial charge in [0.2, 0.25) is 5.91 Å². The fraction of sp³-hybridized carbons (Fsp3) is 0.375. The number of para-hydroxylation sites is 2. The lowest BCUT2D eigenvalue weighted by Crippen LogP contribution is -2.49. The van der Waals surface area contributed by atoms with Crippen molar-refractivity contribution < 1.29 is 18.0 Å². The van der Waals surface area contributed by atoms with Gasteiger partial charge in [0.1, 0.15) is 6.54 Å². The van der Waals surface area contributed by atoms with Crippen molar-refractivity contribution in [2.24, 2.45) is 7.05 Å². The maximum Gasteiger partial charge on any atom is 0.416 e. The number of rotatable bonds is 6. The number of benzene rings is 2. The van der Waals surface area contributed by atoms with Gasteiger partial charge in [0.15, 0.2) is 0 Å². The van der Waals surface area contributed by atoms with E-state index in [0.29, 0.717) is 56.0 Å². The van der Waals surface area contributed by atoms with Crippen LogP contribution in [0.3, 0.4) is 0 Å². The van der Waals surface area contributed by atoms with Gasteiger partial charge in [0.25, 0.3) is 0 Å². The van der Waals surface area contributed by atoms with E-state index in [1.165, 1.54) is 28.3 Å². The highest BCUT2D eigenvalue weighted by atomic mass is 19.4. The van der Waals surface area contributed by atoms with Gasteiger partial charge >= 0.3 is 17.3 Å². The predicted molar refractivity (Wildman–Crippen MR) is 127 cm³/mol. The van der Waals surface area contributed by atoms with E-state index in [-0.39, 0.29) is 12.5 Å². The molecular weight excluding hydrogens is 463 g/mol. The van der Waals surface area contributed by atoms with Gasteiger partial charge in [0, 0.05) is 52.0 Å². The molecule has 1 N–H and O–H groups in total. The van der Waals surface area contributed by atoms with Crippen molar-refractivity contribution in [3.8, 4) is 0 Å². The van der Waals surface area contributed by atoms with Gasteiger partial charge in [-0.25, -0.2) is 0 Å². The normalized spacial score (nSPS) is 14.9. The number of anilines is 1. The first kappa shape index (κ1) is 24.5. The minimum atomic E-state index is -4.37. The smallest absolute Gasteiger partial charge is 0.369 e. The Morgan fingerprint density at radius 1 is 0.943 bits per heavy atom. The van der Waals surface area contributed by atoms with E-state index in [0.717, 1.165) is 6.07 Å². The number of carbonyl (C=O) groups excluding carboxylic acids is 1. The third-order valence-corrected chi connectivity index (χ3v) is 6.23. The lowest BCUT2D eigenvalue weighted by atomic mass is 10.1. The Kier molecular flexibility index (Phi) is 6.97. The summed E-state index contributed by atoms with van der Waals surface area (Å²) in [4.78, 5) is 41.2. The zero-order chi connectivity index (χ0) is 25.2. The third kappa shape index (κ3) is 5.40. The molecule has 1 aliphatic heterocycles. The summed E-state index contributed by atoms with van der Waals surface area (Å²) in [5.41, 5.74) is -0.519. The maximum atomic E-state index is 13.0. The second-order valence-electron chi connectivity index (χ2n) is 8.47. The van der Waals surface area contributed by atoms with Crippen molar-refractivity contribution in [2.75, 3.05) is 44.2 Å². The minimum Gasteiger partial charge on any atom is -0.369 e. The molecule has 1 fully saturated rings. The molecular formula is C24H26F3N5O3. The lowest BCUT2D eigenvalue weighted by molar-refractivity contribution is -0.137. The number of aromatic nitrogens is 2. The standard InChI is InChI=1S/C24H26F3N5O3/c1-29-19-7-2-3-8-20(19)32(23(35)22(29)34)16-21(33)28-9-10-30-11-13-31(14-12-30)18-6-4-5-17(15-18)24(25,26)27/h2-8,15H,9-14,16H2,1H3,(H,28,33). The summed E-state index contributed by atoms with van der Waals surface area (Å²) in [5, 5.41) is 2.78. The van der Waals surface area contributed by atoms with E-state index in [4.69, 9.17) is 0 Å². The third-order valence-electron chi connectivity index (χ3n) is 6.23. The summed E-state index contributed by atoms with van der Waals surface area (Å²) in [5.74, 6) is -0.381. The van der Waals surface area contributed by atoms with E-state index in [1.807, 2.05) is 4.90 Å². The van der Waals surface area contributed by atoms with Crippen LogP contribution in [0, 0.1) is 0 Å². The molecule has 0 saturated carbocycles. The molecule has 1 aliphatic rings. The molecule has 186 valence electrons. The Balaban J connectivity index is 1.30. The van der Waals surface area contributed by atoms with E-state index in [1.54, 1.807) is 30.3 Å². The molecule has 35 heavy (non-hydrogen) atoms. The molecule has 1 aromatic heterocycles. The number of aryl methyl sites for hydroxylation is 1. The zero-order valence-corrected chi connectivity index (χ0v) is 19.2. The van der Waals surface area contributed by atoms with Crippen LogP contribution in [0.25, 0.3) is 11.0 Å². The highest BCUT2D eigenvalue weighted by Gasteiger charge is 2.31. The molecule has 1 amide bonds. The van der Waals surface area contributed by atoms with Crippen LogP contribution in [0.15, 0.2) is 58.1 Å². The molecule has 4 rings (SSSR count). The summed E-state index contributed by atoms with van der Waals surface area (Å²) >= 11 is 0. The zero-order valence-electron chi connectivity index (χ0n) is 19.2. The average molecular weight is 489 g/mol. The summed E-state index contributed by atoms with van der Waals surface area (Å²) in [7, 11) is 1.52. The number of hydrogen-bond acceptors (Lipinski definition) is 5. The highest BCUT2D eigenvalue weighted by Crippen LogP contribution is 2.31. The number of piperazine rings is 1. The van der Waals surface area contributed by atoms with Gasteiger partial charge in [-0.2, -0.15) is 13.2 Å². The quantitative estimate of drug-likeness (QED) is 0.533. The largest absolute Gasteiger partial charge is 0.416 e. The van der Waals surface area contributed by atoms with Crippen LogP contribution in [0.5, 0.6) is 0 Å². The van der Waals surface area contributed by atoms with E-state index in [2.05, 4.69) is 10.2 Å². The molecule has 0 bridgehead atoms. The number of alkyl halides is 3.